The van der Waals surface area contributed by atoms with Crippen LogP contribution in [0.1, 0.15) is 0 Å². The molecule has 88 valence electrons. The maximum atomic E-state index is 10.9. The SMILES string of the molecule is O=[N+]([O-])c1ccc2c(Br)cc3ccccc3c2c1. The highest BCUT2D eigenvalue weighted by atomic mass is 79.9. The fraction of sp³-hybridized carbons (Fsp3) is 0. The monoisotopic (exact) mass is 301 g/mol. The van der Waals surface area contributed by atoms with Crippen LogP contribution >= 0.6 is 15.9 Å². The molecule has 0 aliphatic rings. The number of nitro groups is 1. The summed E-state index contributed by atoms with van der Waals surface area (Å²) >= 11 is 3.51. The summed E-state index contributed by atoms with van der Waals surface area (Å²) in [7, 11) is 0. The molecule has 3 nitrogen and oxygen atoms in total. The van der Waals surface area contributed by atoms with Gasteiger partial charge in [0.1, 0.15) is 0 Å². The van der Waals surface area contributed by atoms with E-state index >= 15 is 0 Å². The highest BCUT2D eigenvalue weighted by Crippen LogP contribution is 2.33. The number of nitrogens with zero attached hydrogens (tertiary/aromatic N) is 1. The van der Waals surface area contributed by atoms with Crippen molar-refractivity contribution in [2.45, 2.75) is 0 Å². The summed E-state index contributed by atoms with van der Waals surface area (Å²) < 4.78 is 0.950. The molecule has 0 unspecified atom stereocenters. The molecule has 4 heteroatoms. The highest BCUT2D eigenvalue weighted by molar-refractivity contribution is 9.10. The standard InChI is InChI=1S/C14H8BrNO2/c15-14-7-9-3-1-2-4-11(9)13-8-10(16(17)18)5-6-12(13)14/h1-8H. The van der Waals surface area contributed by atoms with E-state index < -0.39 is 0 Å². The van der Waals surface area contributed by atoms with Gasteiger partial charge in [-0.25, -0.2) is 0 Å². The number of benzene rings is 3. The summed E-state index contributed by atoms with van der Waals surface area (Å²) in [5, 5.41) is 14.8. The van der Waals surface area contributed by atoms with Crippen LogP contribution in [0.5, 0.6) is 0 Å². The summed E-state index contributed by atoms with van der Waals surface area (Å²) in [6.45, 7) is 0. The molecule has 0 aliphatic carbocycles. The molecule has 0 bridgehead atoms. The van der Waals surface area contributed by atoms with Gasteiger partial charge in [-0.2, -0.15) is 0 Å². The zero-order valence-corrected chi connectivity index (χ0v) is 10.8. The fourth-order valence-electron chi connectivity index (χ4n) is 2.16. The minimum atomic E-state index is -0.366. The summed E-state index contributed by atoms with van der Waals surface area (Å²) in [6, 6.07) is 14.8. The van der Waals surface area contributed by atoms with E-state index in [4.69, 9.17) is 0 Å². The van der Waals surface area contributed by atoms with Crippen molar-refractivity contribution in [1.29, 1.82) is 0 Å². The first-order chi connectivity index (χ1) is 8.66. The number of halogens is 1. The quantitative estimate of drug-likeness (QED) is 0.372. The van der Waals surface area contributed by atoms with Crippen molar-refractivity contribution >= 4 is 43.2 Å². The molecule has 0 radical (unpaired) electrons. The Kier molecular flexibility index (Phi) is 2.52. The molecule has 0 N–H and O–H groups in total. The lowest BCUT2D eigenvalue weighted by Gasteiger charge is -2.06. The molecule has 0 heterocycles. The third-order valence-electron chi connectivity index (χ3n) is 3.00. The van der Waals surface area contributed by atoms with Crippen molar-refractivity contribution in [2.24, 2.45) is 0 Å². The van der Waals surface area contributed by atoms with E-state index in [1.54, 1.807) is 12.1 Å². The van der Waals surface area contributed by atoms with Gasteiger partial charge in [0.15, 0.2) is 0 Å². The normalized spacial score (nSPS) is 10.9. The molecule has 0 atom stereocenters. The van der Waals surface area contributed by atoms with Crippen LogP contribution in [-0.4, -0.2) is 4.92 Å². The second-order valence-corrected chi connectivity index (χ2v) is 4.92. The Morgan fingerprint density at radius 2 is 1.72 bits per heavy atom. The molecule has 3 rings (SSSR count). The number of fused-ring (bicyclic) bond motifs is 3. The third-order valence-corrected chi connectivity index (χ3v) is 3.66. The summed E-state index contributed by atoms with van der Waals surface area (Å²) in [4.78, 5) is 10.5. The van der Waals surface area contributed by atoms with Crippen molar-refractivity contribution in [3.05, 3.63) is 63.1 Å². The number of non-ortho nitro benzene ring substituents is 1. The number of hydrogen-bond acceptors (Lipinski definition) is 2. The van der Waals surface area contributed by atoms with E-state index in [0.717, 1.165) is 26.0 Å². The van der Waals surface area contributed by atoms with E-state index in [1.807, 2.05) is 30.3 Å². The molecule has 3 aromatic carbocycles. The van der Waals surface area contributed by atoms with E-state index in [-0.39, 0.29) is 10.6 Å². The van der Waals surface area contributed by atoms with Gasteiger partial charge in [-0.15, -0.1) is 0 Å². The van der Waals surface area contributed by atoms with Crippen LogP contribution in [0.4, 0.5) is 5.69 Å². The van der Waals surface area contributed by atoms with Gasteiger partial charge in [-0.3, -0.25) is 10.1 Å². The van der Waals surface area contributed by atoms with Crippen LogP contribution in [0.15, 0.2) is 53.0 Å². The summed E-state index contributed by atoms with van der Waals surface area (Å²) in [5.41, 5.74) is 0.116. The molecule has 0 amide bonds. The van der Waals surface area contributed by atoms with Gasteiger partial charge in [-0.05, 0) is 33.7 Å². The van der Waals surface area contributed by atoms with Gasteiger partial charge in [-0.1, -0.05) is 40.2 Å². The van der Waals surface area contributed by atoms with Crippen molar-refractivity contribution in [2.75, 3.05) is 0 Å². The maximum Gasteiger partial charge on any atom is 0.270 e. The van der Waals surface area contributed by atoms with Crippen molar-refractivity contribution in [1.82, 2.24) is 0 Å². The van der Waals surface area contributed by atoms with Crippen LogP contribution in [0.3, 0.4) is 0 Å². The third kappa shape index (κ3) is 1.66. The average Bonchev–Trinajstić information content (AvgIpc) is 2.38. The van der Waals surface area contributed by atoms with Crippen LogP contribution < -0.4 is 0 Å². The van der Waals surface area contributed by atoms with E-state index in [2.05, 4.69) is 15.9 Å². The molecule has 0 fully saturated rings. The Morgan fingerprint density at radius 1 is 0.944 bits per heavy atom. The molecule has 3 aromatic rings. The Morgan fingerprint density at radius 3 is 2.50 bits per heavy atom. The topological polar surface area (TPSA) is 43.1 Å². The van der Waals surface area contributed by atoms with E-state index in [9.17, 15) is 10.1 Å². The van der Waals surface area contributed by atoms with Gasteiger partial charge in [0.25, 0.3) is 5.69 Å². The molecule has 0 aliphatic heterocycles. The van der Waals surface area contributed by atoms with Gasteiger partial charge in [0.2, 0.25) is 0 Å². The van der Waals surface area contributed by atoms with Crippen LogP contribution in [0.2, 0.25) is 0 Å². The van der Waals surface area contributed by atoms with Crippen molar-refractivity contribution in [3.8, 4) is 0 Å². The molecule has 0 aromatic heterocycles. The van der Waals surface area contributed by atoms with Crippen LogP contribution in [0, 0.1) is 10.1 Å². The molecule has 18 heavy (non-hydrogen) atoms. The lowest BCUT2D eigenvalue weighted by Crippen LogP contribution is -1.88. The average molecular weight is 302 g/mol. The lowest BCUT2D eigenvalue weighted by atomic mass is 10.0. The molecular formula is C14H8BrNO2. The first-order valence-corrected chi connectivity index (χ1v) is 6.21. The van der Waals surface area contributed by atoms with Gasteiger partial charge < -0.3 is 0 Å². The first kappa shape index (κ1) is 11.2. The second kappa shape index (κ2) is 4.07. The zero-order chi connectivity index (χ0) is 12.7. The Hall–Kier alpha value is -1.94. The van der Waals surface area contributed by atoms with Crippen molar-refractivity contribution < 1.29 is 4.92 Å². The molecule has 0 saturated heterocycles. The summed E-state index contributed by atoms with van der Waals surface area (Å²) in [6.07, 6.45) is 0. The minimum absolute atomic E-state index is 0.116. The Balaban J connectivity index is 2.51. The van der Waals surface area contributed by atoms with Crippen LogP contribution in [0.25, 0.3) is 21.5 Å². The maximum absolute atomic E-state index is 10.9. The fourth-order valence-corrected chi connectivity index (χ4v) is 2.75. The Labute approximate surface area is 111 Å². The van der Waals surface area contributed by atoms with Gasteiger partial charge in [0, 0.05) is 16.6 Å². The highest BCUT2D eigenvalue weighted by Gasteiger charge is 2.10. The zero-order valence-electron chi connectivity index (χ0n) is 9.26. The van der Waals surface area contributed by atoms with Crippen molar-refractivity contribution in [3.63, 3.8) is 0 Å². The summed E-state index contributed by atoms with van der Waals surface area (Å²) in [5.74, 6) is 0. The van der Waals surface area contributed by atoms with E-state index in [0.29, 0.717) is 0 Å². The number of hydrogen-bond donors (Lipinski definition) is 0. The van der Waals surface area contributed by atoms with Crippen LogP contribution in [-0.2, 0) is 0 Å². The predicted molar refractivity (Wildman–Crippen MR) is 75.8 cm³/mol. The molecular weight excluding hydrogens is 294 g/mol. The van der Waals surface area contributed by atoms with Gasteiger partial charge >= 0.3 is 0 Å². The predicted octanol–water partition coefficient (Wildman–Crippen LogP) is 4.66. The van der Waals surface area contributed by atoms with Gasteiger partial charge in [0.05, 0.1) is 4.92 Å². The minimum Gasteiger partial charge on any atom is -0.258 e. The lowest BCUT2D eigenvalue weighted by molar-refractivity contribution is -0.384. The molecule has 0 saturated carbocycles. The first-order valence-electron chi connectivity index (χ1n) is 5.42. The van der Waals surface area contributed by atoms with E-state index in [1.165, 1.54) is 6.07 Å². The molecule has 0 spiro atoms. The second-order valence-electron chi connectivity index (χ2n) is 4.07. The number of rotatable bonds is 1. The smallest absolute Gasteiger partial charge is 0.258 e. The Bertz CT molecular complexity index is 783. The largest absolute Gasteiger partial charge is 0.270 e. The number of nitro benzene ring substituents is 1.